The van der Waals surface area contributed by atoms with Gasteiger partial charge in [-0.05, 0) is 49.6 Å². The molecule has 0 unspecified atom stereocenters. The third-order valence-corrected chi connectivity index (χ3v) is 3.51. The van der Waals surface area contributed by atoms with Gasteiger partial charge in [-0.15, -0.1) is 11.8 Å². The van der Waals surface area contributed by atoms with Gasteiger partial charge in [0, 0.05) is 6.20 Å². The summed E-state index contributed by atoms with van der Waals surface area (Å²) in [5.74, 6) is 0.678. The number of ether oxygens (including phenoxy) is 1. The molecule has 0 aliphatic rings. The summed E-state index contributed by atoms with van der Waals surface area (Å²) in [6.45, 7) is 7.31. The molecule has 1 aromatic rings. The van der Waals surface area contributed by atoms with E-state index in [4.69, 9.17) is 4.74 Å². The van der Waals surface area contributed by atoms with E-state index in [2.05, 4.69) is 17.6 Å². The minimum atomic E-state index is -0.0801. The van der Waals surface area contributed by atoms with E-state index in [1.807, 2.05) is 19.3 Å². The second-order valence-corrected chi connectivity index (χ2v) is 4.98. The number of aromatic nitrogens is 1. The molecule has 0 aliphatic carbocycles. The number of rotatable bonds is 7. The molecule has 0 amide bonds. The maximum atomic E-state index is 11.5. The van der Waals surface area contributed by atoms with Crippen LogP contribution in [0.15, 0.2) is 53.8 Å². The SMILES string of the molecule is C=C(/C=C\C/C(=C\C)SC)Oc1ncccc1C(C)=O. The molecule has 0 saturated heterocycles. The van der Waals surface area contributed by atoms with Gasteiger partial charge in [0.25, 0.3) is 0 Å². The molecule has 0 spiro atoms. The smallest absolute Gasteiger partial charge is 0.230 e. The number of allylic oxidation sites excluding steroid dienone is 4. The fourth-order valence-corrected chi connectivity index (χ4v) is 2.02. The summed E-state index contributed by atoms with van der Waals surface area (Å²) < 4.78 is 5.52. The molecule has 20 heavy (non-hydrogen) atoms. The average molecular weight is 289 g/mol. The van der Waals surface area contributed by atoms with Gasteiger partial charge in [-0.2, -0.15) is 0 Å². The van der Waals surface area contributed by atoms with Crippen molar-refractivity contribution < 1.29 is 9.53 Å². The van der Waals surface area contributed by atoms with Crippen molar-refractivity contribution in [2.45, 2.75) is 20.3 Å². The Bertz CT molecular complexity index is 547. The molecule has 0 aliphatic heterocycles. The van der Waals surface area contributed by atoms with Crippen molar-refractivity contribution in [2.24, 2.45) is 0 Å². The van der Waals surface area contributed by atoms with E-state index < -0.39 is 0 Å². The van der Waals surface area contributed by atoms with Crippen molar-refractivity contribution in [3.63, 3.8) is 0 Å². The standard InChI is InChI=1S/C16H19NO2S/c1-5-14(20-4)9-6-8-12(2)19-16-15(13(3)18)10-7-11-17-16/h5-8,10-11H,2,9H2,1,3-4H3/b8-6-,14-5+. The van der Waals surface area contributed by atoms with Gasteiger partial charge in [0.05, 0.1) is 5.56 Å². The number of thioether (sulfide) groups is 1. The summed E-state index contributed by atoms with van der Waals surface area (Å²) in [5, 5.41) is 0. The van der Waals surface area contributed by atoms with Gasteiger partial charge in [-0.1, -0.05) is 18.7 Å². The van der Waals surface area contributed by atoms with Crippen molar-refractivity contribution >= 4 is 17.5 Å². The zero-order chi connectivity index (χ0) is 15.0. The number of carbonyl (C=O) groups is 1. The zero-order valence-electron chi connectivity index (χ0n) is 12.1. The molecule has 0 N–H and O–H groups in total. The average Bonchev–Trinajstić information content (AvgIpc) is 2.44. The topological polar surface area (TPSA) is 39.2 Å². The second kappa shape index (κ2) is 8.38. The van der Waals surface area contributed by atoms with Gasteiger partial charge < -0.3 is 4.74 Å². The molecule has 0 radical (unpaired) electrons. The summed E-state index contributed by atoms with van der Waals surface area (Å²) in [6, 6.07) is 3.40. The minimum Gasteiger partial charge on any atom is -0.439 e. The van der Waals surface area contributed by atoms with Crippen LogP contribution < -0.4 is 4.74 Å². The molecule has 4 heteroatoms. The Balaban J connectivity index is 2.68. The Kier molecular flexibility index (Phi) is 6.81. The van der Waals surface area contributed by atoms with Crippen LogP contribution in [0.1, 0.15) is 30.6 Å². The van der Waals surface area contributed by atoms with Crippen LogP contribution in [-0.4, -0.2) is 17.0 Å². The van der Waals surface area contributed by atoms with Crippen molar-refractivity contribution in [2.75, 3.05) is 6.26 Å². The molecular weight excluding hydrogens is 270 g/mol. The first kappa shape index (κ1) is 16.2. The number of ketones is 1. The molecule has 3 nitrogen and oxygen atoms in total. The highest BCUT2D eigenvalue weighted by Crippen LogP contribution is 2.19. The normalized spacial score (nSPS) is 11.7. The number of Topliss-reactive ketones (excluding diaryl/α,β-unsaturated/α-hetero) is 1. The molecule has 1 rings (SSSR count). The van der Waals surface area contributed by atoms with E-state index in [0.717, 1.165) is 6.42 Å². The molecule has 1 aromatic heterocycles. The second-order valence-electron chi connectivity index (χ2n) is 4.05. The lowest BCUT2D eigenvalue weighted by Gasteiger charge is -2.07. The van der Waals surface area contributed by atoms with Crippen LogP contribution in [0.2, 0.25) is 0 Å². The molecule has 106 valence electrons. The Morgan fingerprint density at radius 3 is 2.90 bits per heavy atom. The van der Waals surface area contributed by atoms with Crippen LogP contribution in [0.4, 0.5) is 0 Å². The van der Waals surface area contributed by atoms with Crippen LogP contribution in [0.25, 0.3) is 0 Å². The van der Waals surface area contributed by atoms with Crippen LogP contribution in [0.5, 0.6) is 5.88 Å². The molecule has 0 fully saturated rings. The summed E-state index contributed by atoms with van der Waals surface area (Å²) in [4.78, 5) is 16.8. The monoisotopic (exact) mass is 289 g/mol. The Morgan fingerprint density at radius 1 is 1.55 bits per heavy atom. The Morgan fingerprint density at radius 2 is 2.30 bits per heavy atom. The summed E-state index contributed by atoms with van der Waals surface area (Å²) in [7, 11) is 0. The lowest BCUT2D eigenvalue weighted by molar-refractivity contribution is 0.101. The lowest BCUT2D eigenvalue weighted by Crippen LogP contribution is -2.01. The first-order chi connectivity index (χ1) is 9.58. The van der Waals surface area contributed by atoms with Crippen LogP contribution in [0.3, 0.4) is 0 Å². The fraction of sp³-hybridized carbons (Fsp3) is 0.250. The lowest BCUT2D eigenvalue weighted by atomic mass is 10.2. The van der Waals surface area contributed by atoms with Gasteiger partial charge in [0.15, 0.2) is 5.78 Å². The maximum absolute atomic E-state index is 11.5. The largest absolute Gasteiger partial charge is 0.439 e. The van der Waals surface area contributed by atoms with Crippen LogP contribution in [0, 0.1) is 0 Å². The highest BCUT2D eigenvalue weighted by molar-refractivity contribution is 8.02. The first-order valence-electron chi connectivity index (χ1n) is 6.27. The van der Waals surface area contributed by atoms with Crippen molar-refractivity contribution in [3.8, 4) is 5.88 Å². The van der Waals surface area contributed by atoms with Crippen molar-refractivity contribution in [3.05, 3.63) is 59.4 Å². The number of carbonyl (C=O) groups excluding carboxylic acids is 1. The molecule has 0 saturated carbocycles. The Hall–Kier alpha value is -1.81. The summed E-state index contributed by atoms with van der Waals surface area (Å²) >= 11 is 1.71. The van der Waals surface area contributed by atoms with E-state index >= 15 is 0 Å². The van der Waals surface area contributed by atoms with Gasteiger partial charge >= 0.3 is 0 Å². The van der Waals surface area contributed by atoms with Crippen molar-refractivity contribution in [1.29, 1.82) is 0 Å². The zero-order valence-corrected chi connectivity index (χ0v) is 12.9. The predicted molar refractivity (Wildman–Crippen MR) is 85.0 cm³/mol. The minimum absolute atomic E-state index is 0.0801. The summed E-state index contributed by atoms with van der Waals surface area (Å²) in [6.07, 6.45) is 10.3. The van der Waals surface area contributed by atoms with Crippen LogP contribution >= 0.6 is 11.8 Å². The molecular formula is C16H19NO2S. The number of hydrogen-bond acceptors (Lipinski definition) is 4. The quantitative estimate of drug-likeness (QED) is 0.424. The molecule has 0 bridgehead atoms. The summed E-state index contributed by atoms with van der Waals surface area (Å²) in [5.41, 5.74) is 0.459. The molecule has 0 aromatic carbocycles. The maximum Gasteiger partial charge on any atom is 0.230 e. The predicted octanol–water partition coefficient (Wildman–Crippen LogP) is 4.39. The highest BCUT2D eigenvalue weighted by Gasteiger charge is 2.09. The third-order valence-electron chi connectivity index (χ3n) is 2.59. The fourth-order valence-electron chi connectivity index (χ4n) is 1.52. The number of hydrogen-bond donors (Lipinski definition) is 0. The van der Waals surface area contributed by atoms with Gasteiger partial charge in [0.2, 0.25) is 5.88 Å². The van der Waals surface area contributed by atoms with Gasteiger partial charge in [-0.3, -0.25) is 4.79 Å². The third kappa shape index (κ3) is 5.05. The van der Waals surface area contributed by atoms with Gasteiger partial charge in [-0.25, -0.2) is 4.98 Å². The van der Waals surface area contributed by atoms with Gasteiger partial charge in [0.1, 0.15) is 5.76 Å². The van der Waals surface area contributed by atoms with E-state index in [1.54, 1.807) is 36.2 Å². The first-order valence-corrected chi connectivity index (χ1v) is 7.49. The van der Waals surface area contributed by atoms with Crippen molar-refractivity contribution in [1.82, 2.24) is 4.98 Å². The Labute approximate surface area is 124 Å². The van der Waals surface area contributed by atoms with E-state index in [1.165, 1.54) is 11.8 Å². The molecule has 0 atom stereocenters. The van der Waals surface area contributed by atoms with E-state index in [9.17, 15) is 4.79 Å². The molecule has 1 heterocycles. The van der Waals surface area contributed by atoms with E-state index in [-0.39, 0.29) is 5.78 Å². The van der Waals surface area contributed by atoms with Crippen LogP contribution in [-0.2, 0) is 0 Å². The highest BCUT2D eigenvalue weighted by atomic mass is 32.2. The van der Waals surface area contributed by atoms with E-state index in [0.29, 0.717) is 17.2 Å². The number of nitrogens with zero attached hydrogens (tertiary/aromatic N) is 1. The number of pyridine rings is 1.